The Bertz CT molecular complexity index is 599. The predicted octanol–water partition coefficient (Wildman–Crippen LogP) is 1.39. The minimum atomic E-state index is -0.799. The second-order valence-corrected chi connectivity index (χ2v) is 5.74. The van der Waals surface area contributed by atoms with Crippen LogP contribution in [0, 0.1) is 20.2 Å². The Hall–Kier alpha value is -2.26. The number of hydrogen-bond donors (Lipinski definition) is 1. The molecule has 9 heteroatoms. The molecule has 0 atom stereocenters. The van der Waals surface area contributed by atoms with Gasteiger partial charge >= 0.3 is 5.69 Å². The SMILES string of the molecule is CN1CCN(CCCc2cc([N+](=O)[O-])cc([N+](=O)[O-])c2O)CC1. The van der Waals surface area contributed by atoms with Crippen LogP contribution in [0.5, 0.6) is 5.75 Å². The highest BCUT2D eigenvalue weighted by atomic mass is 16.6. The van der Waals surface area contributed by atoms with Crippen LogP contribution in [0.3, 0.4) is 0 Å². The Labute approximate surface area is 133 Å². The maximum Gasteiger partial charge on any atom is 0.317 e. The van der Waals surface area contributed by atoms with Gasteiger partial charge in [-0.1, -0.05) is 0 Å². The quantitative estimate of drug-likeness (QED) is 0.621. The molecule has 0 bridgehead atoms. The lowest BCUT2D eigenvalue weighted by Crippen LogP contribution is -2.44. The molecule has 0 radical (unpaired) electrons. The van der Waals surface area contributed by atoms with Crippen LogP contribution in [0.1, 0.15) is 12.0 Å². The smallest absolute Gasteiger partial charge is 0.317 e. The molecule has 1 saturated heterocycles. The monoisotopic (exact) mass is 324 g/mol. The van der Waals surface area contributed by atoms with Crippen LogP contribution < -0.4 is 0 Å². The van der Waals surface area contributed by atoms with Crippen LogP contribution >= 0.6 is 0 Å². The molecular formula is C14H20N4O5. The highest BCUT2D eigenvalue weighted by Crippen LogP contribution is 2.34. The van der Waals surface area contributed by atoms with Crippen LogP contribution in [0.15, 0.2) is 12.1 Å². The molecule has 0 aromatic heterocycles. The van der Waals surface area contributed by atoms with E-state index in [9.17, 15) is 25.3 Å². The highest BCUT2D eigenvalue weighted by Gasteiger charge is 2.23. The Morgan fingerprint density at radius 3 is 2.35 bits per heavy atom. The number of phenolic OH excluding ortho intramolecular Hbond substituents is 1. The van der Waals surface area contributed by atoms with E-state index in [-0.39, 0.29) is 11.3 Å². The number of aromatic hydroxyl groups is 1. The number of rotatable bonds is 6. The van der Waals surface area contributed by atoms with E-state index in [0.717, 1.165) is 38.8 Å². The number of nitro groups is 2. The van der Waals surface area contributed by atoms with Gasteiger partial charge in [-0.25, -0.2) is 0 Å². The Balaban J connectivity index is 2.03. The molecule has 1 heterocycles. The van der Waals surface area contributed by atoms with Gasteiger partial charge in [0.1, 0.15) is 0 Å². The van der Waals surface area contributed by atoms with Gasteiger partial charge in [0.05, 0.1) is 15.9 Å². The summed E-state index contributed by atoms with van der Waals surface area (Å²) >= 11 is 0. The normalized spacial score (nSPS) is 16.4. The van der Waals surface area contributed by atoms with Crippen molar-refractivity contribution in [2.75, 3.05) is 39.8 Å². The lowest BCUT2D eigenvalue weighted by Gasteiger charge is -2.32. The molecule has 23 heavy (non-hydrogen) atoms. The Morgan fingerprint density at radius 1 is 1.13 bits per heavy atom. The summed E-state index contributed by atoms with van der Waals surface area (Å²) in [5.74, 6) is -0.473. The summed E-state index contributed by atoms with van der Waals surface area (Å²) in [4.78, 5) is 24.8. The highest BCUT2D eigenvalue weighted by molar-refractivity contribution is 5.57. The predicted molar refractivity (Wildman–Crippen MR) is 83.7 cm³/mol. The molecule has 0 amide bonds. The number of benzene rings is 1. The first-order valence-electron chi connectivity index (χ1n) is 7.44. The molecule has 9 nitrogen and oxygen atoms in total. The second kappa shape index (κ2) is 7.34. The van der Waals surface area contributed by atoms with E-state index in [2.05, 4.69) is 16.8 Å². The maximum absolute atomic E-state index is 10.9. The van der Waals surface area contributed by atoms with Crippen molar-refractivity contribution < 1.29 is 15.0 Å². The summed E-state index contributed by atoms with van der Waals surface area (Å²) in [5, 5.41) is 31.7. The number of nitro benzene ring substituents is 2. The molecule has 0 unspecified atom stereocenters. The number of piperazine rings is 1. The van der Waals surface area contributed by atoms with Crippen molar-refractivity contribution in [2.24, 2.45) is 0 Å². The fourth-order valence-corrected chi connectivity index (χ4v) is 2.66. The molecule has 1 aliphatic heterocycles. The van der Waals surface area contributed by atoms with E-state index in [4.69, 9.17) is 0 Å². The van der Waals surface area contributed by atoms with Crippen molar-refractivity contribution >= 4 is 11.4 Å². The van der Waals surface area contributed by atoms with Crippen LogP contribution in [0.2, 0.25) is 0 Å². The molecule has 0 saturated carbocycles. The molecule has 1 aliphatic rings. The van der Waals surface area contributed by atoms with Gasteiger partial charge in [-0.2, -0.15) is 0 Å². The lowest BCUT2D eigenvalue weighted by atomic mass is 10.1. The van der Waals surface area contributed by atoms with Gasteiger partial charge in [0, 0.05) is 37.8 Å². The molecule has 1 aromatic rings. The van der Waals surface area contributed by atoms with Crippen LogP contribution in [-0.2, 0) is 6.42 Å². The van der Waals surface area contributed by atoms with Gasteiger partial charge in [0.15, 0.2) is 5.75 Å². The number of non-ortho nitro benzene ring substituents is 1. The maximum atomic E-state index is 10.9. The third kappa shape index (κ3) is 4.36. The van der Waals surface area contributed by atoms with Gasteiger partial charge in [-0.05, 0) is 26.4 Å². The minimum absolute atomic E-state index is 0.250. The largest absolute Gasteiger partial charge is 0.502 e. The zero-order valence-electron chi connectivity index (χ0n) is 13.0. The summed E-state index contributed by atoms with van der Waals surface area (Å²) in [6, 6.07) is 2.01. The first-order valence-corrected chi connectivity index (χ1v) is 7.44. The number of aryl methyl sites for hydroxylation is 1. The van der Waals surface area contributed by atoms with E-state index in [0.29, 0.717) is 12.8 Å². The van der Waals surface area contributed by atoms with Crippen molar-refractivity contribution in [2.45, 2.75) is 12.8 Å². The van der Waals surface area contributed by atoms with E-state index in [1.165, 1.54) is 6.07 Å². The molecule has 1 N–H and O–H groups in total. The number of phenols is 1. The summed E-state index contributed by atoms with van der Waals surface area (Å²) in [5.41, 5.74) is -0.738. The first kappa shape index (κ1) is 17.1. The van der Waals surface area contributed by atoms with Crippen LogP contribution in [0.4, 0.5) is 11.4 Å². The molecular weight excluding hydrogens is 304 g/mol. The van der Waals surface area contributed by atoms with Crippen molar-refractivity contribution in [1.82, 2.24) is 9.80 Å². The Morgan fingerprint density at radius 2 is 1.78 bits per heavy atom. The zero-order chi connectivity index (χ0) is 17.0. The van der Waals surface area contributed by atoms with Gasteiger partial charge in [-0.15, -0.1) is 0 Å². The second-order valence-electron chi connectivity index (χ2n) is 5.74. The standard InChI is InChI=1S/C14H20N4O5/c1-15-5-7-16(8-6-15)4-2-3-11-9-12(17(20)21)10-13(14(11)19)18(22)23/h9-10,19H,2-8H2,1H3. The molecule has 0 aliphatic carbocycles. The average molecular weight is 324 g/mol. The molecule has 126 valence electrons. The summed E-state index contributed by atoms with van der Waals surface area (Å²) in [7, 11) is 2.07. The van der Waals surface area contributed by atoms with Crippen molar-refractivity contribution in [1.29, 1.82) is 0 Å². The van der Waals surface area contributed by atoms with Crippen LogP contribution in [-0.4, -0.2) is 64.5 Å². The molecule has 0 spiro atoms. The van der Waals surface area contributed by atoms with E-state index in [1.807, 2.05) is 0 Å². The third-order valence-electron chi connectivity index (χ3n) is 4.08. The lowest BCUT2D eigenvalue weighted by molar-refractivity contribution is -0.394. The molecule has 2 rings (SSSR count). The fraction of sp³-hybridized carbons (Fsp3) is 0.571. The van der Waals surface area contributed by atoms with E-state index in [1.54, 1.807) is 0 Å². The third-order valence-corrected chi connectivity index (χ3v) is 4.08. The first-order chi connectivity index (χ1) is 10.9. The average Bonchev–Trinajstić information content (AvgIpc) is 2.50. The van der Waals surface area contributed by atoms with Gasteiger partial charge < -0.3 is 14.9 Å². The summed E-state index contributed by atoms with van der Waals surface area (Å²) in [6.07, 6.45) is 1.04. The molecule has 1 aromatic carbocycles. The van der Waals surface area contributed by atoms with Gasteiger partial charge in [0.2, 0.25) is 0 Å². The van der Waals surface area contributed by atoms with Crippen LogP contribution in [0.25, 0.3) is 0 Å². The van der Waals surface area contributed by atoms with Crippen molar-refractivity contribution in [3.8, 4) is 5.75 Å². The van der Waals surface area contributed by atoms with Crippen molar-refractivity contribution in [3.05, 3.63) is 37.9 Å². The number of nitrogens with zero attached hydrogens (tertiary/aromatic N) is 4. The van der Waals surface area contributed by atoms with Gasteiger partial charge in [0.25, 0.3) is 5.69 Å². The number of likely N-dealkylation sites (N-methyl/N-ethyl adjacent to an activating group) is 1. The minimum Gasteiger partial charge on any atom is -0.502 e. The summed E-state index contributed by atoms with van der Waals surface area (Å²) < 4.78 is 0. The molecule has 1 fully saturated rings. The fourth-order valence-electron chi connectivity index (χ4n) is 2.66. The topological polar surface area (TPSA) is 113 Å². The summed E-state index contributed by atoms with van der Waals surface area (Å²) in [6.45, 7) is 4.69. The zero-order valence-corrected chi connectivity index (χ0v) is 13.0. The number of hydrogen-bond acceptors (Lipinski definition) is 7. The van der Waals surface area contributed by atoms with E-state index >= 15 is 0 Å². The van der Waals surface area contributed by atoms with E-state index < -0.39 is 21.3 Å². The van der Waals surface area contributed by atoms with Gasteiger partial charge in [-0.3, -0.25) is 20.2 Å². The van der Waals surface area contributed by atoms with Crippen molar-refractivity contribution in [3.63, 3.8) is 0 Å². The Kier molecular flexibility index (Phi) is 5.45.